The van der Waals surface area contributed by atoms with Crippen molar-refractivity contribution >= 4 is 34.7 Å². The van der Waals surface area contributed by atoms with E-state index < -0.39 is 70.0 Å². The number of anilines is 1. The van der Waals surface area contributed by atoms with Gasteiger partial charge in [-0.25, -0.2) is 0 Å². The number of nitrogen functional groups attached to an aromatic ring is 1. The van der Waals surface area contributed by atoms with Crippen molar-refractivity contribution in [3.63, 3.8) is 0 Å². The number of nitrogens with two attached hydrogens (primary N) is 2. The van der Waals surface area contributed by atoms with Crippen LogP contribution < -0.4 is 11.5 Å². The zero-order valence-corrected chi connectivity index (χ0v) is 18.8. The van der Waals surface area contributed by atoms with E-state index in [1.54, 1.807) is 19.9 Å². The number of amides is 1. The smallest absolute Gasteiger partial charge is 0.235 e. The number of carbonyl (C=O) groups is 5. The largest absolute Gasteiger partial charge is 0.505 e. The van der Waals surface area contributed by atoms with Gasteiger partial charge in [-0.3, -0.25) is 24.0 Å². The van der Waals surface area contributed by atoms with Crippen LogP contribution in [-0.4, -0.2) is 44.9 Å². The fraction of sp³-hybridized carbons (Fsp3) is 0.542. The number of hydrogen-bond donors (Lipinski definition) is 4. The van der Waals surface area contributed by atoms with Gasteiger partial charge in [0.2, 0.25) is 5.91 Å². The summed E-state index contributed by atoms with van der Waals surface area (Å²) in [5, 5.41) is 22.0. The number of Topliss-reactive ketones (excluding diaryl/α,β-unsaturated/α-hetero) is 4. The van der Waals surface area contributed by atoms with Gasteiger partial charge in [-0.05, 0) is 48.3 Å². The van der Waals surface area contributed by atoms with E-state index in [-0.39, 0.29) is 30.0 Å². The summed E-state index contributed by atoms with van der Waals surface area (Å²) >= 11 is 0. The summed E-state index contributed by atoms with van der Waals surface area (Å²) in [6.45, 7) is 5.31. The lowest BCUT2D eigenvalue weighted by Crippen LogP contribution is -2.71. The molecule has 3 aliphatic carbocycles. The molecule has 6 N–H and O–H groups in total. The van der Waals surface area contributed by atoms with Crippen LogP contribution in [0.2, 0.25) is 0 Å². The molecular weight excluding hydrogens is 428 g/mol. The van der Waals surface area contributed by atoms with Crippen LogP contribution in [0.5, 0.6) is 5.75 Å². The van der Waals surface area contributed by atoms with Crippen LogP contribution in [0.15, 0.2) is 6.07 Å². The van der Waals surface area contributed by atoms with Gasteiger partial charge in [0.05, 0.1) is 17.2 Å². The summed E-state index contributed by atoms with van der Waals surface area (Å²) in [6, 6.07) is 1.60. The SMILES string of the molecule is CCc1cc(N)c(O)c2c1C[C@H]1C[C@H]3[C@H](C(C)C)C(=O)C(C(N)=O)C(=O)[C@@]3(O)C(=O)C1C2=O. The first-order valence-electron chi connectivity index (χ1n) is 11.2. The molecular formula is C24H28N2O7. The van der Waals surface area contributed by atoms with Crippen molar-refractivity contribution in [1.82, 2.24) is 0 Å². The quantitative estimate of drug-likeness (QED) is 0.286. The molecule has 9 nitrogen and oxygen atoms in total. The van der Waals surface area contributed by atoms with E-state index in [1.165, 1.54) is 0 Å². The van der Waals surface area contributed by atoms with Gasteiger partial charge in [-0.1, -0.05) is 20.8 Å². The number of rotatable bonds is 3. The lowest BCUT2D eigenvalue weighted by Gasteiger charge is -2.52. The lowest BCUT2D eigenvalue weighted by molar-refractivity contribution is -0.182. The predicted octanol–water partition coefficient (Wildman–Crippen LogP) is 0.354. The molecule has 2 saturated carbocycles. The van der Waals surface area contributed by atoms with Crippen LogP contribution >= 0.6 is 0 Å². The van der Waals surface area contributed by atoms with E-state index in [2.05, 4.69) is 0 Å². The number of ketones is 4. The highest BCUT2D eigenvalue weighted by molar-refractivity contribution is 6.32. The summed E-state index contributed by atoms with van der Waals surface area (Å²) in [6.07, 6.45) is 0.871. The summed E-state index contributed by atoms with van der Waals surface area (Å²) in [5.74, 6) is -11.6. The molecule has 9 heteroatoms. The Kier molecular flexibility index (Phi) is 5.24. The number of benzene rings is 1. The molecule has 2 unspecified atom stereocenters. The Morgan fingerprint density at radius 2 is 1.85 bits per heavy atom. The zero-order valence-electron chi connectivity index (χ0n) is 18.8. The maximum absolute atomic E-state index is 13.7. The van der Waals surface area contributed by atoms with Gasteiger partial charge in [-0.2, -0.15) is 0 Å². The summed E-state index contributed by atoms with van der Waals surface area (Å²) in [4.78, 5) is 65.4. The van der Waals surface area contributed by atoms with Gasteiger partial charge in [0.15, 0.2) is 34.7 Å². The molecule has 0 heterocycles. The molecule has 0 aromatic heterocycles. The van der Waals surface area contributed by atoms with Crippen molar-refractivity contribution in [1.29, 1.82) is 0 Å². The molecule has 0 saturated heterocycles. The number of phenolic OH excluding ortho intramolecular Hbond substituents is 1. The normalized spacial score (nSPS) is 33.5. The average Bonchev–Trinajstić information content (AvgIpc) is 2.72. The first-order chi connectivity index (χ1) is 15.4. The van der Waals surface area contributed by atoms with Crippen molar-refractivity contribution in [2.24, 2.45) is 41.2 Å². The maximum atomic E-state index is 13.7. The molecule has 4 rings (SSSR count). The number of aryl methyl sites for hydroxylation is 1. The second-order valence-electron chi connectivity index (χ2n) is 9.83. The summed E-state index contributed by atoms with van der Waals surface area (Å²) < 4.78 is 0. The van der Waals surface area contributed by atoms with Crippen molar-refractivity contribution in [2.75, 3.05) is 5.73 Å². The topological polar surface area (TPSA) is 178 Å². The fourth-order valence-electron chi connectivity index (χ4n) is 6.34. The number of aliphatic hydroxyl groups is 1. The van der Waals surface area contributed by atoms with Gasteiger partial charge in [-0.15, -0.1) is 0 Å². The number of hydrogen-bond acceptors (Lipinski definition) is 8. The molecule has 0 radical (unpaired) electrons. The summed E-state index contributed by atoms with van der Waals surface area (Å²) in [7, 11) is 0. The summed E-state index contributed by atoms with van der Waals surface area (Å²) in [5.41, 5.74) is 9.82. The second kappa shape index (κ2) is 7.48. The predicted molar refractivity (Wildman–Crippen MR) is 116 cm³/mol. The molecule has 176 valence electrons. The van der Waals surface area contributed by atoms with Crippen molar-refractivity contribution in [3.8, 4) is 5.75 Å². The highest BCUT2D eigenvalue weighted by Gasteiger charge is 2.69. The Labute approximate surface area is 190 Å². The van der Waals surface area contributed by atoms with E-state index >= 15 is 0 Å². The molecule has 2 fully saturated rings. The Hall–Kier alpha value is -3.07. The van der Waals surface area contributed by atoms with E-state index in [0.717, 1.165) is 5.56 Å². The highest BCUT2D eigenvalue weighted by atomic mass is 16.3. The number of primary amides is 1. The van der Waals surface area contributed by atoms with Gasteiger partial charge in [0.25, 0.3) is 0 Å². The molecule has 3 aliphatic rings. The number of carbonyl (C=O) groups excluding carboxylic acids is 5. The van der Waals surface area contributed by atoms with Crippen LogP contribution in [0.1, 0.15) is 48.7 Å². The molecule has 33 heavy (non-hydrogen) atoms. The monoisotopic (exact) mass is 456 g/mol. The molecule has 0 aliphatic heterocycles. The minimum absolute atomic E-state index is 0.00486. The van der Waals surface area contributed by atoms with Crippen molar-refractivity contribution in [2.45, 2.75) is 45.6 Å². The maximum Gasteiger partial charge on any atom is 0.235 e. The third kappa shape index (κ3) is 2.91. The Morgan fingerprint density at radius 1 is 1.21 bits per heavy atom. The van der Waals surface area contributed by atoms with Crippen LogP contribution in [0.4, 0.5) is 5.69 Å². The van der Waals surface area contributed by atoms with Crippen LogP contribution in [-0.2, 0) is 32.0 Å². The third-order valence-corrected chi connectivity index (χ3v) is 7.82. The van der Waals surface area contributed by atoms with E-state index in [9.17, 15) is 34.2 Å². The molecule has 0 bridgehead atoms. The van der Waals surface area contributed by atoms with E-state index in [1.807, 2.05) is 6.92 Å². The Bertz CT molecular complexity index is 1120. The number of phenols is 1. The van der Waals surface area contributed by atoms with Gasteiger partial charge in [0.1, 0.15) is 5.75 Å². The van der Waals surface area contributed by atoms with E-state index in [4.69, 9.17) is 11.5 Å². The van der Waals surface area contributed by atoms with Gasteiger partial charge in [0, 0.05) is 11.8 Å². The average molecular weight is 456 g/mol. The number of aromatic hydroxyl groups is 1. The first-order valence-corrected chi connectivity index (χ1v) is 11.2. The Morgan fingerprint density at radius 3 is 2.39 bits per heavy atom. The minimum Gasteiger partial charge on any atom is -0.505 e. The molecule has 1 aromatic rings. The fourth-order valence-corrected chi connectivity index (χ4v) is 6.34. The van der Waals surface area contributed by atoms with Crippen molar-refractivity contribution < 1.29 is 34.2 Å². The third-order valence-electron chi connectivity index (χ3n) is 7.82. The highest BCUT2D eigenvalue weighted by Crippen LogP contribution is 2.53. The zero-order chi connectivity index (χ0) is 24.6. The molecule has 6 atom stereocenters. The lowest BCUT2D eigenvalue weighted by atomic mass is 9.49. The standard InChI is InChI=1S/C24H28N2O7/c1-4-9-7-13(25)18(27)16-11(9)5-10-6-12-14(8(2)3)19(28)17(23(26)32)22(31)24(12,33)21(30)15(10)20(16)29/h7-8,10,12,14-15,17,27,33H,4-6,25H2,1-3H3,(H2,26,32)/t10-,12-,14-,15?,17?,24-/m0/s1. The second-order valence-corrected chi connectivity index (χ2v) is 9.83. The first kappa shape index (κ1) is 23.1. The number of fused-ring (bicyclic) bond motifs is 3. The molecule has 1 aromatic carbocycles. The molecule has 0 spiro atoms. The van der Waals surface area contributed by atoms with Crippen LogP contribution in [0.25, 0.3) is 0 Å². The Balaban J connectivity index is 1.90. The van der Waals surface area contributed by atoms with Crippen LogP contribution in [0, 0.1) is 35.5 Å². The minimum atomic E-state index is -2.68. The van der Waals surface area contributed by atoms with Gasteiger partial charge >= 0.3 is 0 Å². The van der Waals surface area contributed by atoms with Crippen molar-refractivity contribution in [3.05, 3.63) is 22.8 Å². The van der Waals surface area contributed by atoms with E-state index in [0.29, 0.717) is 12.0 Å². The van der Waals surface area contributed by atoms with Gasteiger partial charge < -0.3 is 21.7 Å². The van der Waals surface area contributed by atoms with Crippen LogP contribution in [0.3, 0.4) is 0 Å². The molecule has 1 amide bonds.